The van der Waals surface area contributed by atoms with Crippen molar-refractivity contribution >= 4 is 18.0 Å². The monoisotopic (exact) mass is 478 g/mol. The lowest BCUT2D eigenvalue weighted by Gasteiger charge is -2.25. The van der Waals surface area contributed by atoms with Crippen molar-refractivity contribution < 1.29 is 29.0 Å². The summed E-state index contributed by atoms with van der Waals surface area (Å²) in [5.74, 6) is -1.75. The van der Waals surface area contributed by atoms with E-state index in [1.165, 1.54) is 7.11 Å². The van der Waals surface area contributed by atoms with Crippen molar-refractivity contribution in [3.63, 3.8) is 0 Å². The molecule has 0 heterocycles. The molecule has 2 amide bonds. The van der Waals surface area contributed by atoms with Gasteiger partial charge in [0.25, 0.3) is 0 Å². The Morgan fingerprint density at radius 1 is 1.06 bits per heavy atom. The number of nitrogens with one attached hydrogen (secondary N) is 2. The predicted molar refractivity (Wildman–Crippen MR) is 130 cm³/mol. The molecule has 0 aliphatic heterocycles. The fourth-order valence-corrected chi connectivity index (χ4v) is 4.78. The molecule has 2 aromatic rings. The Labute approximate surface area is 204 Å². The SMILES string of the molecule is COC(CCNC(=O)OCC1c2ccccc2-c2ccccc21)C(=O)N[C@H]1C=CC[C@H](C(=O)O)C1. The molecule has 184 valence electrons. The van der Waals surface area contributed by atoms with Crippen LogP contribution in [-0.4, -0.2) is 55.5 Å². The number of hydrogen-bond acceptors (Lipinski definition) is 5. The minimum absolute atomic E-state index is 0.0242. The molecule has 3 N–H and O–H groups in total. The lowest BCUT2D eigenvalue weighted by molar-refractivity contribution is -0.142. The van der Waals surface area contributed by atoms with E-state index in [2.05, 4.69) is 34.9 Å². The van der Waals surface area contributed by atoms with Gasteiger partial charge in [-0.1, -0.05) is 60.7 Å². The van der Waals surface area contributed by atoms with E-state index < -0.39 is 24.1 Å². The molecule has 0 saturated heterocycles. The van der Waals surface area contributed by atoms with Gasteiger partial charge in [0.1, 0.15) is 12.7 Å². The van der Waals surface area contributed by atoms with Crippen LogP contribution >= 0.6 is 0 Å². The first-order valence-corrected chi connectivity index (χ1v) is 11.8. The van der Waals surface area contributed by atoms with Crippen molar-refractivity contribution in [1.29, 1.82) is 0 Å². The van der Waals surface area contributed by atoms with Crippen LogP contribution in [0.1, 0.15) is 36.3 Å². The molecule has 2 aliphatic rings. The van der Waals surface area contributed by atoms with Crippen LogP contribution in [0.4, 0.5) is 4.79 Å². The Bertz CT molecular complexity index is 1070. The largest absolute Gasteiger partial charge is 0.481 e. The second-order valence-electron chi connectivity index (χ2n) is 8.82. The molecule has 0 fully saturated rings. The fourth-order valence-electron chi connectivity index (χ4n) is 4.78. The van der Waals surface area contributed by atoms with E-state index in [0.29, 0.717) is 12.8 Å². The van der Waals surface area contributed by atoms with Crippen LogP contribution < -0.4 is 10.6 Å². The van der Waals surface area contributed by atoms with E-state index in [9.17, 15) is 19.5 Å². The van der Waals surface area contributed by atoms with E-state index in [-0.39, 0.29) is 37.4 Å². The first kappa shape index (κ1) is 24.5. The van der Waals surface area contributed by atoms with Gasteiger partial charge in [-0.3, -0.25) is 9.59 Å². The van der Waals surface area contributed by atoms with E-state index >= 15 is 0 Å². The Kier molecular flexibility index (Phi) is 7.82. The number of carboxylic acid groups (broad SMARTS) is 1. The van der Waals surface area contributed by atoms with Crippen LogP contribution in [-0.2, 0) is 19.1 Å². The van der Waals surface area contributed by atoms with E-state index in [4.69, 9.17) is 9.47 Å². The van der Waals surface area contributed by atoms with Crippen molar-refractivity contribution in [3.05, 3.63) is 71.8 Å². The molecule has 35 heavy (non-hydrogen) atoms. The van der Waals surface area contributed by atoms with Gasteiger partial charge >= 0.3 is 12.1 Å². The summed E-state index contributed by atoms with van der Waals surface area (Å²) in [6.45, 7) is 0.410. The summed E-state index contributed by atoms with van der Waals surface area (Å²) in [6.07, 6.45) is 3.30. The predicted octanol–water partition coefficient (Wildman–Crippen LogP) is 3.47. The summed E-state index contributed by atoms with van der Waals surface area (Å²) in [6, 6.07) is 15.9. The van der Waals surface area contributed by atoms with Gasteiger partial charge in [0.05, 0.1) is 5.92 Å². The zero-order chi connectivity index (χ0) is 24.8. The first-order chi connectivity index (χ1) is 17.0. The molecule has 4 rings (SSSR count). The average molecular weight is 479 g/mol. The van der Waals surface area contributed by atoms with Crippen molar-refractivity contribution in [2.24, 2.45) is 5.92 Å². The Morgan fingerprint density at radius 3 is 2.34 bits per heavy atom. The lowest BCUT2D eigenvalue weighted by atomic mass is 9.91. The number of alkyl carbamates (subject to hydrolysis) is 1. The van der Waals surface area contributed by atoms with E-state index in [1.54, 1.807) is 12.2 Å². The third-order valence-electron chi connectivity index (χ3n) is 6.60. The molecule has 8 nitrogen and oxygen atoms in total. The molecule has 0 radical (unpaired) electrons. The molecule has 0 spiro atoms. The highest BCUT2D eigenvalue weighted by atomic mass is 16.5. The van der Waals surface area contributed by atoms with E-state index in [0.717, 1.165) is 22.3 Å². The third kappa shape index (κ3) is 5.71. The minimum Gasteiger partial charge on any atom is -0.481 e. The molecule has 2 aromatic carbocycles. The van der Waals surface area contributed by atoms with E-state index in [1.807, 2.05) is 24.3 Å². The average Bonchev–Trinajstić information content (AvgIpc) is 3.19. The Hall–Kier alpha value is -3.65. The Balaban J connectivity index is 1.24. The molecular formula is C27H30N2O6. The second-order valence-corrected chi connectivity index (χ2v) is 8.82. The van der Waals surface area contributed by atoms with Gasteiger partial charge in [-0.15, -0.1) is 0 Å². The number of carboxylic acids is 1. The summed E-state index contributed by atoms with van der Waals surface area (Å²) in [4.78, 5) is 36.1. The normalized spacial score (nSPS) is 19.3. The standard InChI is InChI=1S/C27H30N2O6/c1-34-24(25(30)29-18-8-6-7-17(15-18)26(31)32)13-14-28-27(33)35-16-23-21-11-4-2-9-19(21)20-10-3-5-12-22(20)23/h2-6,8-12,17-18,23-24H,7,13-16H2,1H3,(H,28,33)(H,29,30)(H,31,32)/t17-,18-,24?/m0/s1. The highest BCUT2D eigenvalue weighted by molar-refractivity contribution is 5.82. The summed E-state index contributed by atoms with van der Waals surface area (Å²) in [7, 11) is 1.42. The van der Waals surface area contributed by atoms with Crippen LogP contribution in [0.15, 0.2) is 60.7 Å². The first-order valence-electron chi connectivity index (χ1n) is 11.8. The highest BCUT2D eigenvalue weighted by Gasteiger charge is 2.29. The number of ether oxygens (including phenoxy) is 2. The molecule has 0 saturated carbocycles. The van der Waals surface area contributed by atoms with Crippen LogP contribution in [0.2, 0.25) is 0 Å². The second kappa shape index (κ2) is 11.2. The van der Waals surface area contributed by atoms with Crippen molar-refractivity contribution in [2.75, 3.05) is 20.3 Å². The number of allylic oxidation sites excluding steroid dienone is 1. The van der Waals surface area contributed by atoms with Crippen molar-refractivity contribution in [1.82, 2.24) is 10.6 Å². The minimum atomic E-state index is -0.871. The molecule has 8 heteroatoms. The maximum absolute atomic E-state index is 12.6. The number of aliphatic carboxylic acids is 1. The van der Waals surface area contributed by atoms with Crippen LogP contribution in [0.5, 0.6) is 0 Å². The summed E-state index contributed by atoms with van der Waals surface area (Å²) in [5.41, 5.74) is 4.60. The number of carbonyl (C=O) groups is 3. The van der Waals surface area contributed by atoms with Gasteiger partial charge in [-0.25, -0.2) is 4.79 Å². The highest BCUT2D eigenvalue weighted by Crippen LogP contribution is 2.44. The van der Waals surface area contributed by atoms with Crippen LogP contribution in [0.3, 0.4) is 0 Å². The van der Waals surface area contributed by atoms with Gasteiger partial charge in [0.15, 0.2) is 0 Å². The van der Waals surface area contributed by atoms with Crippen LogP contribution in [0, 0.1) is 5.92 Å². The third-order valence-corrected chi connectivity index (χ3v) is 6.60. The molecule has 0 aromatic heterocycles. The molecular weight excluding hydrogens is 448 g/mol. The lowest BCUT2D eigenvalue weighted by Crippen LogP contribution is -2.44. The zero-order valence-electron chi connectivity index (χ0n) is 19.6. The number of carbonyl (C=O) groups excluding carboxylic acids is 2. The maximum atomic E-state index is 12.6. The summed E-state index contributed by atoms with van der Waals surface area (Å²) >= 11 is 0. The summed E-state index contributed by atoms with van der Waals surface area (Å²) < 4.78 is 10.8. The number of hydrogen-bond donors (Lipinski definition) is 3. The maximum Gasteiger partial charge on any atom is 0.407 e. The van der Waals surface area contributed by atoms with Gasteiger partial charge in [-0.2, -0.15) is 0 Å². The molecule has 2 aliphatic carbocycles. The molecule has 0 bridgehead atoms. The van der Waals surface area contributed by atoms with Gasteiger partial charge < -0.3 is 25.2 Å². The topological polar surface area (TPSA) is 114 Å². The Morgan fingerprint density at radius 2 is 1.71 bits per heavy atom. The number of benzene rings is 2. The molecule has 3 atom stereocenters. The number of amides is 2. The molecule has 1 unspecified atom stereocenters. The smallest absolute Gasteiger partial charge is 0.407 e. The number of rotatable bonds is 9. The quantitative estimate of drug-likeness (QED) is 0.476. The fraction of sp³-hybridized carbons (Fsp3) is 0.370. The zero-order valence-corrected chi connectivity index (χ0v) is 19.6. The number of methoxy groups -OCH3 is 1. The van der Waals surface area contributed by atoms with Crippen molar-refractivity contribution in [2.45, 2.75) is 37.3 Å². The van der Waals surface area contributed by atoms with Gasteiger partial charge in [0, 0.05) is 32.0 Å². The van der Waals surface area contributed by atoms with Crippen LogP contribution in [0.25, 0.3) is 11.1 Å². The number of fused-ring (bicyclic) bond motifs is 3. The van der Waals surface area contributed by atoms with Gasteiger partial charge in [-0.05, 0) is 35.1 Å². The summed E-state index contributed by atoms with van der Waals surface area (Å²) in [5, 5.41) is 14.7. The van der Waals surface area contributed by atoms with Crippen molar-refractivity contribution in [3.8, 4) is 11.1 Å². The van der Waals surface area contributed by atoms with Gasteiger partial charge in [0.2, 0.25) is 5.91 Å².